The van der Waals surface area contributed by atoms with E-state index in [1.54, 1.807) is 0 Å². The van der Waals surface area contributed by atoms with Gasteiger partial charge in [0.15, 0.2) is 0 Å². The molecule has 0 saturated heterocycles. The summed E-state index contributed by atoms with van der Waals surface area (Å²) in [6.07, 6.45) is 0. The fourth-order valence-electron chi connectivity index (χ4n) is 13.3. The molecule has 2 heteroatoms. The molecule has 0 spiro atoms. The first-order valence-electron chi connectivity index (χ1n) is 25.3. The van der Waals surface area contributed by atoms with Gasteiger partial charge in [0.2, 0.25) is 0 Å². The highest BCUT2D eigenvalue weighted by molar-refractivity contribution is 6.06. The molecule has 2 nitrogen and oxygen atoms in total. The second-order valence-electron chi connectivity index (χ2n) is 22.7. The van der Waals surface area contributed by atoms with Crippen LogP contribution in [0.15, 0.2) is 182 Å². The smallest absolute Gasteiger partial charge is 0.0624 e. The van der Waals surface area contributed by atoms with Crippen LogP contribution in [0.4, 0.5) is 34.1 Å². The molecule has 0 unspecified atom stereocenters. The van der Waals surface area contributed by atoms with Gasteiger partial charge in [0.25, 0.3) is 0 Å². The Morgan fingerprint density at radius 1 is 0.257 bits per heavy atom. The summed E-state index contributed by atoms with van der Waals surface area (Å²) in [5.41, 5.74) is 30.4. The maximum Gasteiger partial charge on any atom is 0.0624 e. The summed E-state index contributed by atoms with van der Waals surface area (Å²) in [4.78, 5) is 5.11. The number of benzene rings is 9. The van der Waals surface area contributed by atoms with Crippen LogP contribution in [0.1, 0.15) is 111 Å². The van der Waals surface area contributed by atoms with E-state index in [1.807, 2.05) is 0 Å². The third-order valence-electron chi connectivity index (χ3n) is 17.2. The van der Waals surface area contributed by atoms with Gasteiger partial charge in [-0.3, -0.25) is 0 Å². The Balaban J connectivity index is 1.06. The number of fused-ring (bicyclic) bond motifs is 12. The van der Waals surface area contributed by atoms with E-state index in [4.69, 9.17) is 0 Å². The lowest BCUT2D eigenvalue weighted by Gasteiger charge is -2.33. The van der Waals surface area contributed by atoms with Crippen molar-refractivity contribution in [3.8, 4) is 44.5 Å². The molecule has 0 bridgehead atoms. The van der Waals surface area contributed by atoms with Crippen molar-refractivity contribution in [2.45, 2.75) is 90.9 Å². The van der Waals surface area contributed by atoms with Crippen LogP contribution in [0.5, 0.6) is 0 Å². The van der Waals surface area contributed by atoms with Gasteiger partial charge in [0.05, 0.1) is 5.69 Å². The molecule has 0 aliphatic heterocycles. The summed E-state index contributed by atoms with van der Waals surface area (Å²) < 4.78 is 0. The quantitative estimate of drug-likeness (QED) is 0.164. The maximum atomic E-state index is 2.62. The summed E-state index contributed by atoms with van der Waals surface area (Å²) in [6.45, 7) is 23.7. The molecule has 70 heavy (non-hydrogen) atoms. The van der Waals surface area contributed by atoms with Crippen molar-refractivity contribution < 1.29 is 0 Å². The van der Waals surface area contributed by atoms with Gasteiger partial charge >= 0.3 is 0 Å². The number of aryl methyl sites for hydroxylation is 2. The lowest BCUT2D eigenvalue weighted by atomic mass is 9.77. The van der Waals surface area contributed by atoms with Crippen molar-refractivity contribution in [3.05, 3.63) is 238 Å². The van der Waals surface area contributed by atoms with Gasteiger partial charge in [-0.25, -0.2) is 0 Å². The summed E-state index contributed by atoms with van der Waals surface area (Å²) in [6, 6.07) is 69.8. The Kier molecular flexibility index (Phi) is 8.88. The zero-order valence-electron chi connectivity index (χ0n) is 42.2. The van der Waals surface area contributed by atoms with Gasteiger partial charge in [0, 0.05) is 61.2 Å². The van der Waals surface area contributed by atoms with Crippen LogP contribution < -0.4 is 9.80 Å². The van der Waals surface area contributed by atoms with E-state index in [1.165, 1.54) is 117 Å². The van der Waals surface area contributed by atoms with Crippen molar-refractivity contribution in [2.24, 2.45) is 0 Å². The van der Waals surface area contributed by atoms with Crippen LogP contribution in [0.2, 0.25) is 0 Å². The highest BCUT2D eigenvalue weighted by Crippen LogP contribution is 2.64. The minimum Gasteiger partial charge on any atom is -0.310 e. The lowest BCUT2D eigenvalue weighted by molar-refractivity contribution is 0.639. The highest BCUT2D eigenvalue weighted by atomic mass is 15.2. The summed E-state index contributed by atoms with van der Waals surface area (Å²) >= 11 is 0. The molecule has 0 amide bonds. The molecule has 0 aromatic heterocycles. The molecule has 0 saturated carbocycles. The lowest BCUT2D eigenvalue weighted by Crippen LogP contribution is -2.21. The standard InChI is InChI=1S/C68H60N2/c1-41-23-27-43(28-24-41)69(45-31-34-50-48-17-11-14-20-54(48)65(3,4)57(50)37-45)46-33-36-53-59(38-46)68(9,10)61-40-60-62(52-19-13-16-22-56(52)67(60,7)8)64(63(53)61)70(44-29-25-42(2)26-30-44)47-32-35-51-49-18-12-15-21-55(49)66(5,6)58(51)39-47/h11-40H,1-10H3. The minimum atomic E-state index is -0.323. The van der Waals surface area contributed by atoms with E-state index in [-0.39, 0.29) is 21.7 Å². The van der Waals surface area contributed by atoms with Gasteiger partial charge in [-0.2, -0.15) is 0 Å². The Morgan fingerprint density at radius 2 is 0.557 bits per heavy atom. The third-order valence-corrected chi connectivity index (χ3v) is 17.2. The highest BCUT2D eigenvalue weighted by Gasteiger charge is 2.46. The molecule has 0 N–H and O–H groups in total. The number of nitrogens with zero attached hydrogens (tertiary/aromatic N) is 2. The van der Waals surface area contributed by atoms with Crippen molar-refractivity contribution in [1.29, 1.82) is 0 Å². The van der Waals surface area contributed by atoms with Crippen LogP contribution in [0.3, 0.4) is 0 Å². The van der Waals surface area contributed by atoms with E-state index in [2.05, 4.69) is 261 Å². The molecule has 0 atom stereocenters. The van der Waals surface area contributed by atoms with Crippen LogP contribution in [0.25, 0.3) is 44.5 Å². The Hall–Kier alpha value is -7.42. The normalized spacial score (nSPS) is 16.0. The van der Waals surface area contributed by atoms with Crippen molar-refractivity contribution in [3.63, 3.8) is 0 Å². The average molecular weight is 905 g/mol. The van der Waals surface area contributed by atoms with E-state index in [0.717, 1.165) is 17.1 Å². The third kappa shape index (κ3) is 5.80. The molecule has 0 radical (unpaired) electrons. The summed E-state index contributed by atoms with van der Waals surface area (Å²) in [5, 5.41) is 0. The number of hydrogen-bond donors (Lipinski definition) is 0. The number of anilines is 6. The Morgan fingerprint density at radius 3 is 1.03 bits per heavy atom. The van der Waals surface area contributed by atoms with Crippen molar-refractivity contribution in [2.75, 3.05) is 9.80 Å². The molecule has 0 heterocycles. The van der Waals surface area contributed by atoms with Crippen LogP contribution in [0, 0.1) is 13.8 Å². The molecule has 342 valence electrons. The average Bonchev–Trinajstić information content (AvgIpc) is 3.93. The molecule has 9 aromatic rings. The fraction of sp³-hybridized carbons (Fsp3) is 0.206. The predicted octanol–water partition coefficient (Wildman–Crippen LogP) is 18.5. The Labute approximate surface area is 414 Å². The molecule has 13 rings (SSSR count). The first kappa shape index (κ1) is 42.7. The largest absolute Gasteiger partial charge is 0.310 e. The van der Waals surface area contributed by atoms with Crippen LogP contribution in [-0.2, 0) is 21.7 Å². The number of rotatable bonds is 6. The van der Waals surface area contributed by atoms with Crippen LogP contribution in [-0.4, -0.2) is 0 Å². The second kappa shape index (κ2) is 14.6. The van der Waals surface area contributed by atoms with Crippen molar-refractivity contribution in [1.82, 2.24) is 0 Å². The van der Waals surface area contributed by atoms with E-state index < -0.39 is 0 Å². The zero-order valence-corrected chi connectivity index (χ0v) is 42.2. The van der Waals surface area contributed by atoms with E-state index in [0.29, 0.717) is 0 Å². The molecule has 4 aliphatic rings. The fourth-order valence-corrected chi connectivity index (χ4v) is 13.3. The van der Waals surface area contributed by atoms with Gasteiger partial charge in [-0.1, -0.05) is 188 Å². The Bertz CT molecular complexity index is 3670. The number of hydrogen-bond acceptors (Lipinski definition) is 2. The van der Waals surface area contributed by atoms with Crippen LogP contribution >= 0.6 is 0 Å². The molecule has 4 aliphatic carbocycles. The monoisotopic (exact) mass is 904 g/mol. The van der Waals surface area contributed by atoms with Crippen molar-refractivity contribution >= 4 is 34.1 Å². The minimum absolute atomic E-state index is 0.118. The predicted molar refractivity (Wildman–Crippen MR) is 296 cm³/mol. The second-order valence-corrected chi connectivity index (χ2v) is 22.7. The van der Waals surface area contributed by atoms with Gasteiger partial charge in [0.1, 0.15) is 0 Å². The zero-order chi connectivity index (χ0) is 48.2. The summed E-state index contributed by atoms with van der Waals surface area (Å²) in [7, 11) is 0. The topological polar surface area (TPSA) is 6.48 Å². The van der Waals surface area contributed by atoms with E-state index in [9.17, 15) is 0 Å². The molecular weight excluding hydrogens is 845 g/mol. The van der Waals surface area contributed by atoms with E-state index >= 15 is 0 Å². The summed E-state index contributed by atoms with van der Waals surface area (Å²) in [5.74, 6) is 0. The van der Waals surface area contributed by atoms with Gasteiger partial charge in [-0.05, 0) is 152 Å². The first-order valence-corrected chi connectivity index (χ1v) is 25.3. The maximum absolute atomic E-state index is 2.62. The molecular formula is C68H60N2. The first-order chi connectivity index (χ1) is 33.6. The van der Waals surface area contributed by atoms with Gasteiger partial charge < -0.3 is 9.80 Å². The SMILES string of the molecule is Cc1ccc(N(c2ccc3c(c2)C(C)(C)c2ccccc2-3)c2ccc3c(c2)C(C)(C)c2cc4c(c(N(c5ccc(C)cc5)c5ccc6c(c5)C(C)(C)c5ccccc5-6)c2-3)-c2ccccc2C4(C)C)cc1. The molecule has 9 aromatic carbocycles. The molecule has 0 fully saturated rings. The van der Waals surface area contributed by atoms with Gasteiger partial charge in [-0.15, -0.1) is 0 Å².